The van der Waals surface area contributed by atoms with Crippen LogP contribution in [0.5, 0.6) is 5.75 Å². The van der Waals surface area contributed by atoms with Gasteiger partial charge in [-0.3, -0.25) is 9.59 Å². The molecule has 2 aromatic carbocycles. The molecule has 156 valence electrons. The van der Waals surface area contributed by atoms with Crippen molar-refractivity contribution in [3.8, 4) is 11.4 Å². The van der Waals surface area contributed by atoms with Gasteiger partial charge in [-0.2, -0.15) is 5.10 Å². The molecule has 3 aromatic rings. The summed E-state index contributed by atoms with van der Waals surface area (Å²) in [4.78, 5) is 25.9. The molecule has 7 nitrogen and oxygen atoms in total. The number of hydrogen-bond donors (Lipinski definition) is 1. The number of anilines is 1. The van der Waals surface area contributed by atoms with Gasteiger partial charge in [0.15, 0.2) is 6.61 Å². The van der Waals surface area contributed by atoms with Crippen LogP contribution in [0, 0.1) is 13.8 Å². The van der Waals surface area contributed by atoms with Gasteiger partial charge in [-0.05, 0) is 62.4 Å². The SMILES string of the molecule is Cc1nn(-c2ccc(Br)cc2)c(C)c1C(=O)Nc1ccc(OCC(=O)N(C)C)cc1. The number of aryl methyl sites for hydroxylation is 1. The minimum Gasteiger partial charge on any atom is -0.484 e. The van der Waals surface area contributed by atoms with E-state index in [0.717, 1.165) is 15.9 Å². The number of hydrogen-bond acceptors (Lipinski definition) is 4. The van der Waals surface area contributed by atoms with E-state index in [9.17, 15) is 9.59 Å². The third kappa shape index (κ3) is 4.88. The van der Waals surface area contributed by atoms with Crippen LogP contribution in [0.3, 0.4) is 0 Å². The Morgan fingerprint density at radius 1 is 1.07 bits per heavy atom. The number of benzene rings is 2. The molecule has 1 aromatic heterocycles. The number of rotatable bonds is 6. The number of nitrogens with one attached hydrogen (secondary N) is 1. The number of aromatic nitrogens is 2. The highest BCUT2D eigenvalue weighted by atomic mass is 79.9. The molecule has 0 spiro atoms. The third-order valence-electron chi connectivity index (χ3n) is 4.56. The van der Waals surface area contributed by atoms with Gasteiger partial charge in [-0.15, -0.1) is 0 Å². The zero-order valence-corrected chi connectivity index (χ0v) is 18.9. The molecule has 0 radical (unpaired) electrons. The van der Waals surface area contributed by atoms with Crippen molar-refractivity contribution in [1.82, 2.24) is 14.7 Å². The summed E-state index contributed by atoms with van der Waals surface area (Å²) >= 11 is 3.42. The van der Waals surface area contributed by atoms with E-state index in [1.54, 1.807) is 43.0 Å². The Kier molecular flexibility index (Phi) is 6.56. The summed E-state index contributed by atoms with van der Waals surface area (Å²) in [7, 11) is 3.35. The fraction of sp³-hybridized carbons (Fsp3) is 0.227. The van der Waals surface area contributed by atoms with E-state index in [0.29, 0.717) is 22.7 Å². The Hall–Kier alpha value is -3.13. The highest BCUT2D eigenvalue weighted by Crippen LogP contribution is 2.22. The fourth-order valence-electron chi connectivity index (χ4n) is 2.91. The number of halogens is 1. The van der Waals surface area contributed by atoms with Gasteiger partial charge in [0.1, 0.15) is 5.75 Å². The van der Waals surface area contributed by atoms with Crippen molar-refractivity contribution < 1.29 is 14.3 Å². The molecule has 8 heteroatoms. The van der Waals surface area contributed by atoms with Crippen LogP contribution >= 0.6 is 15.9 Å². The van der Waals surface area contributed by atoms with Gasteiger partial charge < -0.3 is 15.0 Å². The van der Waals surface area contributed by atoms with E-state index in [-0.39, 0.29) is 18.4 Å². The van der Waals surface area contributed by atoms with Gasteiger partial charge in [0, 0.05) is 24.3 Å². The Labute approximate surface area is 183 Å². The Morgan fingerprint density at radius 2 is 1.70 bits per heavy atom. The quantitative estimate of drug-likeness (QED) is 0.591. The van der Waals surface area contributed by atoms with Crippen LogP contribution in [0.4, 0.5) is 5.69 Å². The summed E-state index contributed by atoms with van der Waals surface area (Å²) in [5.41, 5.74) is 3.45. The Morgan fingerprint density at radius 3 is 2.30 bits per heavy atom. The number of likely N-dealkylation sites (N-methyl/N-ethyl adjacent to an activating group) is 1. The van der Waals surface area contributed by atoms with Gasteiger partial charge in [-0.1, -0.05) is 15.9 Å². The highest BCUT2D eigenvalue weighted by molar-refractivity contribution is 9.10. The van der Waals surface area contributed by atoms with Crippen molar-refractivity contribution >= 4 is 33.4 Å². The predicted molar refractivity (Wildman–Crippen MR) is 119 cm³/mol. The minimum atomic E-state index is -0.232. The Balaban J connectivity index is 1.72. The molecule has 0 aliphatic heterocycles. The molecule has 2 amide bonds. The molecule has 0 atom stereocenters. The van der Waals surface area contributed by atoms with Crippen LogP contribution in [0.15, 0.2) is 53.0 Å². The highest BCUT2D eigenvalue weighted by Gasteiger charge is 2.19. The van der Waals surface area contributed by atoms with Crippen molar-refractivity contribution in [3.63, 3.8) is 0 Å². The number of carbonyl (C=O) groups is 2. The van der Waals surface area contributed by atoms with E-state index in [4.69, 9.17) is 4.74 Å². The molecule has 0 aliphatic carbocycles. The first-order valence-electron chi connectivity index (χ1n) is 9.33. The van der Waals surface area contributed by atoms with Crippen LogP contribution in [0.25, 0.3) is 5.69 Å². The fourth-order valence-corrected chi connectivity index (χ4v) is 3.17. The molecule has 0 aliphatic rings. The number of carbonyl (C=O) groups excluding carboxylic acids is 2. The van der Waals surface area contributed by atoms with Crippen molar-refractivity contribution in [2.24, 2.45) is 0 Å². The first-order valence-corrected chi connectivity index (χ1v) is 10.1. The number of nitrogens with zero attached hydrogens (tertiary/aromatic N) is 3. The van der Waals surface area contributed by atoms with Crippen LogP contribution in [0.2, 0.25) is 0 Å². The number of ether oxygens (including phenoxy) is 1. The third-order valence-corrected chi connectivity index (χ3v) is 5.09. The molecular weight excluding hydrogens is 448 g/mol. The molecule has 1 N–H and O–H groups in total. The number of amides is 2. The van der Waals surface area contributed by atoms with Crippen molar-refractivity contribution in [3.05, 3.63) is 70.0 Å². The van der Waals surface area contributed by atoms with Gasteiger partial charge in [-0.25, -0.2) is 4.68 Å². The standard InChI is InChI=1S/C22H23BrN4O3/c1-14-21(15(2)27(25-14)18-9-5-16(23)6-10-18)22(29)24-17-7-11-19(12-8-17)30-13-20(28)26(3)4/h5-12H,13H2,1-4H3,(H,24,29). The van der Waals surface area contributed by atoms with Crippen LogP contribution in [-0.4, -0.2) is 47.2 Å². The molecule has 0 unspecified atom stereocenters. The zero-order chi connectivity index (χ0) is 21.8. The summed E-state index contributed by atoms with van der Waals surface area (Å²) < 4.78 is 8.19. The van der Waals surface area contributed by atoms with E-state index in [2.05, 4.69) is 26.3 Å². The van der Waals surface area contributed by atoms with Crippen LogP contribution in [0.1, 0.15) is 21.7 Å². The molecule has 1 heterocycles. The lowest BCUT2D eigenvalue weighted by Gasteiger charge is -2.12. The lowest BCUT2D eigenvalue weighted by Crippen LogP contribution is -2.27. The second-order valence-electron chi connectivity index (χ2n) is 6.99. The molecular formula is C22H23BrN4O3. The first-order chi connectivity index (χ1) is 14.3. The maximum atomic E-state index is 12.9. The smallest absolute Gasteiger partial charge is 0.259 e. The van der Waals surface area contributed by atoms with Crippen molar-refractivity contribution in [2.75, 3.05) is 26.0 Å². The monoisotopic (exact) mass is 470 g/mol. The molecule has 0 fully saturated rings. The largest absolute Gasteiger partial charge is 0.484 e. The van der Waals surface area contributed by atoms with Crippen molar-refractivity contribution in [2.45, 2.75) is 13.8 Å². The molecule has 0 saturated carbocycles. The second-order valence-corrected chi connectivity index (χ2v) is 7.91. The van der Waals surface area contributed by atoms with Gasteiger partial charge in [0.2, 0.25) is 0 Å². The van der Waals surface area contributed by atoms with E-state index < -0.39 is 0 Å². The minimum absolute atomic E-state index is 0.0354. The van der Waals surface area contributed by atoms with E-state index in [1.807, 2.05) is 38.1 Å². The Bertz CT molecular complexity index is 1060. The summed E-state index contributed by atoms with van der Waals surface area (Å²) in [5, 5.41) is 7.42. The summed E-state index contributed by atoms with van der Waals surface area (Å²) in [6.07, 6.45) is 0. The van der Waals surface area contributed by atoms with Crippen LogP contribution < -0.4 is 10.1 Å². The normalized spacial score (nSPS) is 10.6. The lowest BCUT2D eigenvalue weighted by molar-refractivity contribution is -0.130. The lowest BCUT2D eigenvalue weighted by atomic mass is 10.1. The predicted octanol–water partition coefficient (Wildman–Crippen LogP) is 3.97. The summed E-state index contributed by atoms with van der Waals surface area (Å²) in [5.74, 6) is 0.199. The molecule has 0 bridgehead atoms. The molecule has 0 saturated heterocycles. The van der Waals surface area contributed by atoms with Crippen molar-refractivity contribution in [1.29, 1.82) is 0 Å². The summed E-state index contributed by atoms with van der Waals surface area (Å²) in [6.45, 7) is 3.65. The molecule has 30 heavy (non-hydrogen) atoms. The maximum absolute atomic E-state index is 12.9. The van der Waals surface area contributed by atoms with Gasteiger partial charge >= 0.3 is 0 Å². The molecule has 3 rings (SSSR count). The zero-order valence-electron chi connectivity index (χ0n) is 17.3. The topological polar surface area (TPSA) is 76.5 Å². The van der Waals surface area contributed by atoms with Gasteiger partial charge in [0.25, 0.3) is 11.8 Å². The average Bonchev–Trinajstić information content (AvgIpc) is 3.01. The average molecular weight is 471 g/mol. The van der Waals surface area contributed by atoms with Crippen LogP contribution in [-0.2, 0) is 4.79 Å². The second kappa shape index (κ2) is 9.13. The van der Waals surface area contributed by atoms with E-state index >= 15 is 0 Å². The summed E-state index contributed by atoms with van der Waals surface area (Å²) in [6, 6.07) is 14.6. The first kappa shape index (κ1) is 21.6. The maximum Gasteiger partial charge on any atom is 0.259 e. The van der Waals surface area contributed by atoms with E-state index in [1.165, 1.54) is 4.90 Å². The van der Waals surface area contributed by atoms with Gasteiger partial charge in [0.05, 0.1) is 22.6 Å².